The summed E-state index contributed by atoms with van der Waals surface area (Å²) in [6.45, 7) is 1.65. The fourth-order valence-electron chi connectivity index (χ4n) is 2.01. The van der Waals surface area contributed by atoms with Crippen molar-refractivity contribution in [3.05, 3.63) is 11.6 Å². The van der Waals surface area contributed by atoms with Crippen LogP contribution in [0.5, 0.6) is 0 Å². The van der Waals surface area contributed by atoms with Crippen LogP contribution in [0.25, 0.3) is 0 Å². The van der Waals surface area contributed by atoms with Gasteiger partial charge in [-0.05, 0) is 32.1 Å². The highest BCUT2D eigenvalue weighted by molar-refractivity contribution is 5.85. The number of hydrogen-bond acceptors (Lipinski definition) is 2. The molecule has 3 unspecified atom stereocenters. The Balaban J connectivity index is 1.93. The van der Waals surface area contributed by atoms with Gasteiger partial charge in [0.05, 0.1) is 12.2 Å². The van der Waals surface area contributed by atoms with E-state index in [0.717, 1.165) is 19.3 Å². The van der Waals surface area contributed by atoms with Crippen molar-refractivity contribution in [3.63, 3.8) is 0 Å². The molecule has 1 aliphatic heterocycles. The van der Waals surface area contributed by atoms with Gasteiger partial charge in [0.15, 0.2) is 0 Å². The number of allylic oxidation sites excluding steroid dienone is 1. The Hall–Kier alpha value is -0.830. The van der Waals surface area contributed by atoms with Crippen LogP contribution in [-0.2, 0) is 9.53 Å². The topological polar surface area (TPSA) is 49.8 Å². The summed E-state index contributed by atoms with van der Waals surface area (Å²) in [5.74, 6) is -0.390. The molecule has 2 fully saturated rings. The standard InChI is InChI=1S/C10H14O3/c1-6(10(11)12)4-7-2-3-8-9(5-7)13-8/h4,7-9H,2-3,5H2,1H3,(H,11,12)/b6-4+. The number of fused-ring (bicyclic) bond motifs is 1. The molecule has 1 N–H and O–H groups in total. The van der Waals surface area contributed by atoms with E-state index in [4.69, 9.17) is 9.84 Å². The maximum Gasteiger partial charge on any atom is 0.330 e. The summed E-state index contributed by atoms with van der Waals surface area (Å²) in [5, 5.41) is 8.69. The number of carbonyl (C=O) groups is 1. The second kappa shape index (κ2) is 3.14. The Bertz CT molecular complexity index is 257. The molecule has 0 radical (unpaired) electrons. The summed E-state index contributed by atoms with van der Waals surface area (Å²) in [6, 6.07) is 0. The van der Waals surface area contributed by atoms with Crippen molar-refractivity contribution in [2.45, 2.75) is 38.4 Å². The maximum absolute atomic E-state index is 10.6. The first-order valence-electron chi connectivity index (χ1n) is 4.74. The van der Waals surface area contributed by atoms with E-state index in [1.54, 1.807) is 6.92 Å². The lowest BCUT2D eigenvalue weighted by molar-refractivity contribution is -0.132. The summed E-state index contributed by atoms with van der Waals surface area (Å²) in [4.78, 5) is 10.6. The lowest BCUT2D eigenvalue weighted by Gasteiger charge is -2.14. The minimum atomic E-state index is -0.807. The van der Waals surface area contributed by atoms with Crippen molar-refractivity contribution in [2.75, 3.05) is 0 Å². The van der Waals surface area contributed by atoms with Gasteiger partial charge < -0.3 is 9.84 Å². The molecular weight excluding hydrogens is 168 g/mol. The second-order valence-electron chi connectivity index (χ2n) is 3.94. The third-order valence-electron chi connectivity index (χ3n) is 2.87. The van der Waals surface area contributed by atoms with Crippen molar-refractivity contribution < 1.29 is 14.6 Å². The molecule has 0 amide bonds. The third-order valence-corrected chi connectivity index (χ3v) is 2.87. The number of hydrogen-bond donors (Lipinski definition) is 1. The van der Waals surface area contributed by atoms with Gasteiger partial charge in [-0.2, -0.15) is 0 Å². The molecule has 2 rings (SSSR count). The number of aliphatic carboxylic acids is 1. The molecule has 0 aromatic heterocycles. The van der Waals surface area contributed by atoms with Gasteiger partial charge in [-0.3, -0.25) is 0 Å². The van der Waals surface area contributed by atoms with Gasteiger partial charge in [0, 0.05) is 5.57 Å². The van der Waals surface area contributed by atoms with Crippen molar-refractivity contribution >= 4 is 5.97 Å². The fraction of sp³-hybridized carbons (Fsp3) is 0.700. The average molecular weight is 182 g/mol. The highest BCUT2D eigenvalue weighted by Crippen LogP contribution is 2.40. The molecule has 1 saturated carbocycles. The van der Waals surface area contributed by atoms with Crippen molar-refractivity contribution in [1.29, 1.82) is 0 Å². The van der Waals surface area contributed by atoms with Gasteiger partial charge in [-0.15, -0.1) is 0 Å². The van der Waals surface area contributed by atoms with Gasteiger partial charge in [-0.1, -0.05) is 6.08 Å². The van der Waals surface area contributed by atoms with Gasteiger partial charge in [-0.25, -0.2) is 4.79 Å². The molecule has 1 aliphatic carbocycles. The zero-order chi connectivity index (χ0) is 9.42. The number of carboxylic acid groups (broad SMARTS) is 1. The molecule has 0 spiro atoms. The molecule has 0 bridgehead atoms. The minimum absolute atomic E-state index is 0.417. The van der Waals surface area contributed by atoms with E-state index in [9.17, 15) is 4.79 Å². The van der Waals surface area contributed by atoms with Crippen molar-refractivity contribution in [1.82, 2.24) is 0 Å². The van der Waals surface area contributed by atoms with Crippen LogP contribution in [-0.4, -0.2) is 23.3 Å². The Morgan fingerprint density at radius 1 is 1.46 bits per heavy atom. The van der Waals surface area contributed by atoms with E-state index in [0.29, 0.717) is 23.7 Å². The maximum atomic E-state index is 10.6. The first-order valence-corrected chi connectivity index (χ1v) is 4.74. The van der Waals surface area contributed by atoms with E-state index in [1.807, 2.05) is 6.08 Å². The van der Waals surface area contributed by atoms with E-state index >= 15 is 0 Å². The Kier molecular flexibility index (Phi) is 2.12. The van der Waals surface area contributed by atoms with Crippen LogP contribution >= 0.6 is 0 Å². The van der Waals surface area contributed by atoms with Gasteiger partial charge in [0.25, 0.3) is 0 Å². The molecule has 0 aromatic rings. The predicted molar refractivity (Wildman–Crippen MR) is 47.4 cm³/mol. The summed E-state index contributed by atoms with van der Waals surface area (Å²) in [6.07, 6.45) is 5.98. The summed E-state index contributed by atoms with van der Waals surface area (Å²) < 4.78 is 5.37. The molecule has 3 atom stereocenters. The average Bonchev–Trinajstić information content (AvgIpc) is 2.81. The number of ether oxygens (including phenoxy) is 1. The molecular formula is C10H14O3. The summed E-state index contributed by atoms with van der Waals surface area (Å²) >= 11 is 0. The Morgan fingerprint density at radius 3 is 2.85 bits per heavy atom. The largest absolute Gasteiger partial charge is 0.478 e. The molecule has 0 aromatic carbocycles. The number of rotatable bonds is 2. The summed E-state index contributed by atoms with van der Waals surface area (Å²) in [5.41, 5.74) is 0.462. The smallest absolute Gasteiger partial charge is 0.330 e. The van der Waals surface area contributed by atoms with Crippen LogP contribution in [0.15, 0.2) is 11.6 Å². The highest BCUT2D eigenvalue weighted by Gasteiger charge is 2.43. The van der Waals surface area contributed by atoms with Crippen molar-refractivity contribution in [3.8, 4) is 0 Å². The Labute approximate surface area is 77.4 Å². The summed E-state index contributed by atoms with van der Waals surface area (Å²) in [7, 11) is 0. The van der Waals surface area contributed by atoms with E-state index in [2.05, 4.69) is 0 Å². The lowest BCUT2D eigenvalue weighted by Crippen LogP contribution is -2.12. The third kappa shape index (κ3) is 1.91. The monoisotopic (exact) mass is 182 g/mol. The normalized spacial score (nSPS) is 38.2. The molecule has 1 heterocycles. The first kappa shape index (κ1) is 8.75. The lowest BCUT2D eigenvalue weighted by atomic mass is 9.88. The van der Waals surface area contributed by atoms with Crippen molar-refractivity contribution in [2.24, 2.45) is 5.92 Å². The van der Waals surface area contributed by atoms with Crippen LogP contribution in [0.2, 0.25) is 0 Å². The molecule has 13 heavy (non-hydrogen) atoms. The van der Waals surface area contributed by atoms with Gasteiger partial charge in [0.2, 0.25) is 0 Å². The first-order chi connectivity index (χ1) is 6.16. The highest BCUT2D eigenvalue weighted by atomic mass is 16.6. The zero-order valence-electron chi connectivity index (χ0n) is 7.69. The fourth-order valence-corrected chi connectivity index (χ4v) is 2.01. The molecule has 72 valence electrons. The van der Waals surface area contributed by atoms with E-state index < -0.39 is 5.97 Å². The number of carboxylic acids is 1. The predicted octanol–water partition coefficient (Wildman–Crippen LogP) is 1.58. The minimum Gasteiger partial charge on any atom is -0.478 e. The SMILES string of the molecule is C/C(=C\C1CCC2OC2C1)C(=O)O. The van der Waals surface area contributed by atoms with E-state index in [-0.39, 0.29) is 0 Å². The van der Waals surface area contributed by atoms with Gasteiger partial charge >= 0.3 is 5.97 Å². The quantitative estimate of drug-likeness (QED) is 0.521. The van der Waals surface area contributed by atoms with Crippen LogP contribution in [0, 0.1) is 5.92 Å². The molecule has 3 nitrogen and oxygen atoms in total. The van der Waals surface area contributed by atoms with Crippen LogP contribution in [0.4, 0.5) is 0 Å². The zero-order valence-corrected chi connectivity index (χ0v) is 7.69. The van der Waals surface area contributed by atoms with Gasteiger partial charge in [0.1, 0.15) is 0 Å². The molecule has 3 heteroatoms. The molecule has 1 saturated heterocycles. The van der Waals surface area contributed by atoms with Crippen LogP contribution < -0.4 is 0 Å². The number of epoxide rings is 1. The van der Waals surface area contributed by atoms with E-state index in [1.165, 1.54) is 0 Å². The van der Waals surface area contributed by atoms with Crippen LogP contribution in [0.3, 0.4) is 0 Å². The second-order valence-corrected chi connectivity index (χ2v) is 3.94. The Morgan fingerprint density at radius 2 is 2.23 bits per heavy atom. The molecule has 2 aliphatic rings. The van der Waals surface area contributed by atoms with Crippen LogP contribution in [0.1, 0.15) is 26.2 Å².